The Kier molecular flexibility index (Phi) is 1.80. The first-order valence-electron chi connectivity index (χ1n) is 4.74. The number of hydrogen-bond donors (Lipinski definition) is 1. The van der Waals surface area contributed by atoms with Gasteiger partial charge in [-0.05, 0) is 28.8 Å². The van der Waals surface area contributed by atoms with Crippen LogP contribution in [0.25, 0.3) is 0 Å². The Balaban J connectivity index is 2.04. The van der Waals surface area contributed by atoms with Gasteiger partial charge >= 0.3 is 0 Å². The van der Waals surface area contributed by atoms with E-state index in [2.05, 4.69) is 31.7 Å². The molecule has 0 aliphatic carbocycles. The van der Waals surface area contributed by atoms with E-state index in [0.29, 0.717) is 6.04 Å². The molecule has 0 radical (unpaired) electrons. The maximum atomic E-state index is 4.27. The Labute approximate surface area is 86.4 Å². The Morgan fingerprint density at radius 2 is 2.57 bits per heavy atom. The van der Waals surface area contributed by atoms with Crippen molar-refractivity contribution >= 4 is 17.3 Å². The van der Waals surface area contributed by atoms with Gasteiger partial charge < -0.3 is 9.88 Å². The van der Waals surface area contributed by atoms with Crippen molar-refractivity contribution in [3.8, 4) is 0 Å². The highest BCUT2D eigenvalue weighted by atomic mass is 32.1. The van der Waals surface area contributed by atoms with Crippen LogP contribution in [-0.4, -0.2) is 16.1 Å². The van der Waals surface area contributed by atoms with Crippen molar-refractivity contribution in [1.82, 2.24) is 9.55 Å². The van der Waals surface area contributed by atoms with Gasteiger partial charge in [-0.3, -0.25) is 0 Å². The van der Waals surface area contributed by atoms with Crippen LogP contribution < -0.4 is 5.32 Å². The highest BCUT2D eigenvalue weighted by Gasteiger charge is 2.20. The molecule has 3 nitrogen and oxygen atoms in total. The van der Waals surface area contributed by atoms with Crippen LogP contribution >= 0.6 is 11.3 Å². The van der Waals surface area contributed by atoms with E-state index >= 15 is 0 Å². The van der Waals surface area contributed by atoms with Crippen LogP contribution in [-0.2, 0) is 0 Å². The summed E-state index contributed by atoms with van der Waals surface area (Å²) in [6.45, 7) is 1.01. The molecule has 0 bridgehead atoms. The minimum Gasteiger partial charge on any atom is -0.356 e. The molecule has 3 heterocycles. The predicted octanol–water partition coefficient (Wildman–Crippen LogP) is 2.35. The van der Waals surface area contributed by atoms with E-state index in [0.717, 1.165) is 18.9 Å². The summed E-state index contributed by atoms with van der Waals surface area (Å²) in [4.78, 5) is 4.27. The van der Waals surface area contributed by atoms with Crippen LogP contribution in [0, 0.1) is 0 Å². The molecule has 1 N–H and O–H groups in total. The number of fused-ring (bicyclic) bond motifs is 1. The van der Waals surface area contributed by atoms with Gasteiger partial charge in [-0.15, -0.1) is 0 Å². The topological polar surface area (TPSA) is 29.9 Å². The molecule has 2 aromatic heterocycles. The molecule has 1 aliphatic heterocycles. The fourth-order valence-corrected chi connectivity index (χ4v) is 2.66. The summed E-state index contributed by atoms with van der Waals surface area (Å²) in [5, 5.41) is 7.64. The molecule has 14 heavy (non-hydrogen) atoms. The van der Waals surface area contributed by atoms with Crippen molar-refractivity contribution in [3.63, 3.8) is 0 Å². The van der Waals surface area contributed by atoms with Crippen LogP contribution in [0.5, 0.6) is 0 Å². The first kappa shape index (κ1) is 8.05. The molecule has 2 aromatic rings. The number of rotatable bonds is 1. The monoisotopic (exact) mass is 205 g/mol. The molecule has 0 saturated carbocycles. The normalized spacial score (nSPS) is 20.1. The molecule has 0 spiro atoms. The van der Waals surface area contributed by atoms with E-state index in [9.17, 15) is 0 Å². The number of hydrogen-bond acceptors (Lipinski definition) is 3. The predicted molar refractivity (Wildman–Crippen MR) is 57.8 cm³/mol. The maximum absolute atomic E-state index is 4.27. The average molecular weight is 205 g/mol. The SMILES string of the molecule is c1cn2c(n1)NCCC2c1ccsc1. The lowest BCUT2D eigenvalue weighted by atomic mass is 10.1. The number of thiophene rings is 1. The molecule has 0 amide bonds. The quantitative estimate of drug-likeness (QED) is 0.774. The molecule has 1 unspecified atom stereocenters. The minimum atomic E-state index is 0.472. The summed E-state index contributed by atoms with van der Waals surface area (Å²) in [6.07, 6.45) is 5.04. The standard InChI is InChI=1S/C10H11N3S/c1-3-11-10-12-4-5-13(10)9(1)8-2-6-14-7-8/h2,4-7,9H,1,3H2,(H,11,12). The smallest absolute Gasteiger partial charge is 0.203 e. The Morgan fingerprint density at radius 1 is 1.57 bits per heavy atom. The number of imidazole rings is 1. The Bertz CT molecular complexity index is 418. The van der Waals surface area contributed by atoms with E-state index in [4.69, 9.17) is 0 Å². The number of nitrogens with one attached hydrogen (secondary N) is 1. The van der Waals surface area contributed by atoms with Gasteiger partial charge in [0.05, 0.1) is 6.04 Å². The number of anilines is 1. The van der Waals surface area contributed by atoms with E-state index in [-0.39, 0.29) is 0 Å². The van der Waals surface area contributed by atoms with Crippen LogP contribution in [0.2, 0.25) is 0 Å². The van der Waals surface area contributed by atoms with E-state index in [1.807, 2.05) is 12.4 Å². The largest absolute Gasteiger partial charge is 0.356 e. The average Bonchev–Trinajstić information content (AvgIpc) is 2.88. The van der Waals surface area contributed by atoms with Gasteiger partial charge in [0.1, 0.15) is 0 Å². The minimum absolute atomic E-state index is 0.472. The zero-order chi connectivity index (χ0) is 9.38. The molecule has 72 valence electrons. The molecule has 1 aliphatic rings. The van der Waals surface area contributed by atoms with Crippen molar-refractivity contribution in [2.24, 2.45) is 0 Å². The van der Waals surface area contributed by atoms with Crippen LogP contribution in [0.3, 0.4) is 0 Å². The third kappa shape index (κ3) is 1.14. The van der Waals surface area contributed by atoms with Gasteiger partial charge in [0.25, 0.3) is 0 Å². The lowest BCUT2D eigenvalue weighted by Crippen LogP contribution is -2.22. The molecule has 0 saturated heterocycles. The number of nitrogens with zero attached hydrogens (tertiary/aromatic N) is 2. The van der Waals surface area contributed by atoms with Gasteiger partial charge in [-0.25, -0.2) is 4.98 Å². The lowest BCUT2D eigenvalue weighted by Gasteiger charge is -2.25. The van der Waals surface area contributed by atoms with Crippen molar-refractivity contribution in [1.29, 1.82) is 0 Å². The zero-order valence-electron chi connectivity index (χ0n) is 7.68. The molecule has 0 fully saturated rings. The molecular weight excluding hydrogens is 194 g/mol. The molecule has 4 heteroatoms. The van der Waals surface area contributed by atoms with Gasteiger partial charge in [0.15, 0.2) is 0 Å². The first-order chi connectivity index (χ1) is 6.95. The second-order valence-corrected chi connectivity index (χ2v) is 4.23. The molecule has 1 atom stereocenters. The van der Waals surface area contributed by atoms with Gasteiger partial charge in [0.2, 0.25) is 5.95 Å². The molecule has 3 rings (SSSR count). The Morgan fingerprint density at radius 3 is 3.43 bits per heavy atom. The molecular formula is C10H11N3S. The van der Waals surface area contributed by atoms with Crippen molar-refractivity contribution in [2.75, 3.05) is 11.9 Å². The van der Waals surface area contributed by atoms with Gasteiger partial charge in [-0.1, -0.05) is 0 Å². The van der Waals surface area contributed by atoms with E-state index in [1.54, 1.807) is 11.3 Å². The summed E-state index contributed by atoms with van der Waals surface area (Å²) in [7, 11) is 0. The summed E-state index contributed by atoms with van der Waals surface area (Å²) >= 11 is 1.76. The van der Waals surface area contributed by atoms with Gasteiger partial charge in [-0.2, -0.15) is 11.3 Å². The maximum Gasteiger partial charge on any atom is 0.203 e. The third-order valence-electron chi connectivity index (χ3n) is 2.63. The zero-order valence-corrected chi connectivity index (χ0v) is 8.50. The van der Waals surface area contributed by atoms with Crippen LogP contribution in [0.4, 0.5) is 5.95 Å². The summed E-state index contributed by atoms with van der Waals surface area (Å²) < 4.78 is 2.21. The Hall–Kier alpha value is -1.29. The fraction of sp³-hybridized carbons (Fsp3) is 0.300. The second kappa shape index (κ2) is 3.13. The third-order valence-corrected chi connectivity index (χ3v) is 3.33. The second-order valence-electron chi connectivity index (χ2n) is 3.45. The van der Waals surface area contributed by atoms with Crippen LogP contribution in [0.1, 0.15) is 18.0 Å². The summed E-state index contributed by atoms with van der Waals surface area (Å²) in [5.74, 6) is 0.993. The lowest BCUT2D eigenvalue weighted by molar-refractivity contribution is 0.532. The van der Waals surface area contributed by atoms with Crippen molar-refractivity contribution in [2.45, 2.75) is 12.5 Å². The van der Waals surface area contributed by atoms with Crippen LogP contribution in [0.15, 0.2) is 29.2 Å². The van der Waals surface area contributed by atoms with E-state index < -0.39 is 0 Å². The van der Waals surface area contributed by atoms with Crippen molar-refractivity contribution in [3.05, 3.63) is 34.8 Å². The summed E-state index contributed by atoms with van der Waals surface area (Å²) in [6, 6.07) is 2.67. The first-order valence-corrected chi connectivity index (χ1v) is 5.68. The van der Waals surface area contributed by atoms with Gasteiger partial charge in [0, 0.05) is 18.9 Å². The highest BCUT2D eigenvalue weighted by molar-refractivity contribution is 7.07. The highest BCUT2D eigenvalue weighted by Crippen LogP contribution is 2.29. The van der Waals surface area contributed by atoms with Crippen molar-refractivity contribution < 1.29 is 0 Å². The fourth-order valence-electron chi connectivity index (χ4n) is 1.95. The van der Waals surface area contributed by atoms with E-state index in [1.165, 1.54) is 5.56 Å². The molecule has 0 aromatic carbocycles. The summed E-state index contributed by atoms with van der Waals surface area (Å²) in [5.41, 5.74) is 1.40. The number of aromatic nitrogens is 2.